The number of rotatable bonds is 4. The minimum absolute atomic E-state index is 0.0942. The quantitative estimate of drug-likeness (QED) is 0.818. The van der Waals surface area contributed by atoms with E-state index in [1.807, 2.05) is 19.0 Å². The lowest BCUT2D eigenvalue weighted by Gasteiger charge is -2.33. The summed E-state index contributed by atoms with van der Waals surface area (Å²) in [6.45, 7) is 0.872. The first-order valence-electron chi connectivity index (χ1n) is 8.35. The Morgan fingerprint density at radius 3 is 2.85 bits per heavy atom. The third kappa shape index (κ3) is 3.88. The van der Waals surface area contributed by atoms with Crippen molar-refractivity contribution in [3.8, 4) is 5.88 Å². The van der Waals surface area contributed by atoms with Gasteiger partial charge in [-0.2, -0.15) is 0 Å². The number of halogens is 2. The summed E-state index contributed by atoms with van der Waals surface area (Å²) in [5, 5.41) is 0.113. The summed E-state index contributed by atoms with van der Waals surface area (Å²) < 4.78 is 20.0. The van der Waals surface area contributed by atoms with Gasteiger partial charge in [-0.3, -0.25) is 4.79 Å². The van der Waals surface area contributed by atoms with Crippen molar-refractivity contribution in [3.05, 3.63) is 47.0 Å². The van der Waals surface area contributed by atoms with Crippen LogP contribution in [0.15, 0.2) is 30.6 Å². The van der Waals surface area contributed by atoms with Gasteiger partial charge in [0.2, 0.25) is 0 Å². The lowest BCUT2D eigenvalue weighted by molar-refractivity contribution is 0.0524. The minimum atomic E-state index is -0.616. The van der Waals surface area contributed by atoms with Gasteiger partial charge in [0.15, 0.2) is 5.82 Å². The number of piperidine rings is 1. The molecule has 1 amide bonds. The molecule has 3 rings (SSSR count). The van der Waals surface area contributed by atoms with E-state index in [-0.39, 0.29) is 16.7 Å². The fraction of sp³-hybridized carbons (Fsp3) is 0.389. The monoisotopic (exact) mass is 378 g/mol. The zero-order chi connectivity index (χ0) is 18.7. The standard InChI is InChI=1S/C18H20ClFN4O2/c1-23(2)16-17(22-9-8-21-16)26-12-5-4-10-24(11-12)18(25)15-13(19)6-3-7-14(15)20/h3,6-9,12H,4-5,10-11H2,1-2H3. The fourth-order valence-electron chi connectivity index (χ4n) is 2.94. The van der Waals surface area contributed by atoms with Crippen LogP contribution in [0.2, 0.25) is 5.02 Å². The van der Waals surface area contributed by atoms with Crippen LogP contribution in [0.4, 0.5) is 10.2 Å². The molecule has 2 heterocycles. The molecule has 1 fully saturated rings. The molecule has 0 saturated carbocycles. The van der Waals surface area contributed by atoms with Gasteiger partial charge in [-0.15, -0.1) is 0 Å². The molecule has 0 spiro atoms. The van der Waals surface area contributed by atoms with E-state index in [2.05, 4.69) is 9.97 Å². The van der Waals surface area contributed by atoms with Crippen LogP contribution in [0.25, 0.3) is 0 Å². The Morgan fingerprint density at radius 2 is 2.12 bits per heavy atom. The second-order valence-corrected chi connectivity index (χ2v) is 6.72. The van der Waals surface area contributed by atoms with Crippen LogP contribution in [-0.4, -0.2) is 54.1 Å². The van der Waals surface area contributed by atoms with Crippen molar-refractivity contribution in [1.82, 2.24) is 14.9 Å². The number of likely N-dealkylation sites (tertiary alicyclic amines) is 1. The van der Waals surface area contributed by atoms with E-state index < -0.39 is 11.7 Å². The largest absolute Gasteiger partial charge is 0.470 e. The summed E-state index contributed by atoms with van der Waals surface area (Å²) in [6, 6.07) is 4.23. The molecule has 1 aromatic heterocycles. The highest BCUT2D eigenvalue weighted by Gasteiger charge is 2.29. The number of carbonyl (C=O) groups is 1. The zero-order valence-corrected chi connectivity index (χ0v) is 15.4. The van der Waals surface area contributed by atoms with Crippen LogP contribution in [-0.2, 0) is 0 Å². The summed E-state index contributed by atoms with van der Waals surface area (Å²) in [5.74, 6) is -0.00318. The molecule has 2 aromatic rings. The van der Waals surface area contributed by atoms with Crippen LogP contribution in [0.3, 0.4) is 0 Å². The Labute approximate surface area is 156 Å². The van der Waals surface area contributed by atoms with E-state index in [0.717, 1.165) is 12.8 Å². The number of benzene rings is 1. The molecule has 8 heteroatoms. The first kappa shape index (κ1) is 18.4. The number of ether oxygens (including phenoxy) is 1. The molecule has 138 valence electrons. The molecule has 0 radical (unpaired) electrons. The van der Waals surface area contributed by atoms with Crippen LogP contribution in [0.5, 0.6) is 5.88 Å². The molecule has 1 aliphatic rings. The third-order valence-corrected chi connectivity index (χ3v) is 4.51. The van der Waals surface area contributed by atoms with Crippen LogP contribution in [0.1, 0.15) is 23.2 Å². The molecule has 1 atom stereocenters. The maximum Gasteiger partial charge on any atom is 0.258 e. The fourth-order valence-corrected chi connectivity index (χ4v) is 3.19. The van der Waals surface area contributed by atoms with Crippen molar-refractivity contribution in [2.24, 2.45) is 0 Å². The summed E-state index contributed by atoms with van der Waals surface area (Å²) in [6.07, 6.45) is 4.44. The molecular weight excluding hydrogens is 359 g/mol. The van der Waals surface area contributed by atoms with E-state index in [1.54, 1.807) is 17.3 Å². The summed E-state index contributed by atoms with van der Waals surface area (Å²) >= 11 is 6.02. The third-order valence-electron chi connectivity index (χ3n) is 4.19. The van der Waals surface area contributed by atoms with Gasteiger partial charge < -0.3 is 14.5 Å². The van der Waals surface area contributed by atoms with Crippen LogP contribution < -0.4 is 9.64 Å². The molecule has 1 aromatic carbocycles. The van der Waals surface area contributed by atoms with Crippen molar-refractivity contribution in [3.63, 3.8) is 0 Å². The van der Waals surface area contributed by atoms with Gasteiger partial charge in [0.1, 0.15) is 11.9 Å². The van der Waals surface area contributed by atoms with Crippen molar-refractivity contribution in [2.45, 2.75) is 18.9 Å². The Morgan fingerprint density at radius 1 is 1.35 bits per heavy atom. The highest BCUT2D eigenvalue weighted by molar-refractivity contribution is 6.33. The van der Waals surface area contributed by atoms with Gasteiger partial charge in [-0.25, -0.2) is 14.4 Å². The summed E-state index contributed by atoms with van der Waals surface area (Å²) in [7, 11) is 3.71. The van der Waals surface area contributed by atoms with Crippen molar-refractivity contribution in [2.75, 3.05) is 32.1 Å². The van der Waals surface area contributed by atoms with E-state index in [4.69, 9.17) is 16.3 Å². The molecule has 26 heavy (non-hydrogen) atoms. The van der Waals surface area contributed by atoms with Crippen molar-refractivity contribution < 1.29 is 13.9 Å². The van der Waals surface area contributed by atoms with Crippen LogP contribution in [0, 0.1) is 5.82 Å². The van der Waals surface area contributed by atoms with E-state index >= 15 is 0 Å². The van der Waals surface area contributed by atoms with Crippen molar-refractivity contribution in [1.29, 1.82) is 0 Å². The maximum atomic E-state index is 14.1. The maximum absolute atomic E-state index is 14.1. The van der Waals surface area contributed by atoms with Gasteiger partial charge in [-0.1, -0.05) is 17.7 Å². The predicted molar refractivity (Wildman–Crippen MR) is 97.3 cm³/mol. The highest BCUT2D eigenvalue weighted by Crippen LogP contribution is 2.26. The number of nitrogens with zero attached hydrogens (tertiary/aromatic N) is 4. The Kier molecular flexibility index (Phi) is 5.56. The molecule has 1 aliphatic heterocycles. The number of anilines is 1. The number of hydrogen-bond acceptors (Lipinski definition) is 5. The number of hydrogen-bond donors (Lipinski definition) is 0. The Bertz CT molecular complexity index is 782. The summed E-state index contributed by atoms with van der Waals surface area (Å²) in [5.41, 5.74) is -0.0942. The predicted octanol–water partition coefficient (Wildman–Crippen LogP) is 3.02. The topological polar surface area (TPSA) is 58.6 Å². The molecule has 0 aliphatic carbocycles. The van der Waals surface area contributed by atoms with E-state index in [1.165, 1.54) is 18.2 Å². The lowest BCUT2D eigenvalue weighted by atomic mass is 10.1. The molecule has 6 nitrogen and oxygen atoms in total. The molecule has 0 bridgehead atoms. The zero-order valence-electron chi connectivity index (χ0n) is 14.7. The number of carbonyl (C=O) groups excluding carboxylic acids is 1. The first-order chi connectivity index (χ1) is 12.5. The SMILES string of the molecule is CN(C)c1nccnc1OC1CCCN(C(=O)c2c(F)cccc2Cl)C1. The average Bonchev–Trinajstić information content (AvgIpc) is 2.62. The average molecular weight is 379 g/mol. The number of amides is 1. The molecule has 1 saturated heterocycles. The minimum Gasteiger partial charge on any atom is -0.470 e. The number of aromatic nitrogens is 2. The van der Waals surface area contributed by atoms with E-state index in [0.29, 0.717) is 24.8 Å². The van der Waals surface area contributed by atoms with Gasteiger partial charge in [0, 0.05) is 33.0 Å². The molecular formula is C18H20ClFN4O2. The van der Waals surface area contributed by atoms with Gasteiger partial charge in [0.25, 0.3) is 11.8 Å². The Hall–Kier alpha value is -2.41. The first-order valence-corrected chi connectivity index (χ1v) is 8.73. The van der Waals surface area contributed by atoms with Crippen molar-refractivity contribution >= 4 is 23.3 Å². The second-order valence-electron chi connectivity index (χ2n) is 6.31. The van der Waals surface area contributed by atoms with Gasteiger partial charge in [-0.05, 0) is 25.0 Å². The van der Waals surface area contributed by atoms with Gasteiger partial charge in [0.05, 0.1) is 17.1 Å². The molecule has 0 N–H and O–H groups in total. The smallest absolute Gasteiger partial charge is 0.258 e. The summed E-state index contributed by atoms with van der Waals surface area (Å²) in [4.78, 5) is 24.6. The normalized spacial score (nSPS) is 17.1. The Balaban J connectivity index is 1.75. The van der Waals surface area contributed by atoms with Crippen LogP contribution >= 0.6 is 11.6 Å². The second kappa shape index (κ2) is 7.86. The molecule has 1 unspecified atom stereocenters. The van der Waals surface area contributed by atoms with Gasteiger partial charge >= 0.3 is 0 Å². The van der Waals surface area contributed by atoms with E-state index in [9.17, 15) is 9.18 Å². The lowest BCUT2D eigenvalue weighted by Crippen LogP contribution is -2.45. The highest BCUT2D eigenvalue weighted by atomic mass is 35.5.